The molecule has 0 aliphatic heterocycles. The second-order valence-electron chi connectivity index (χ2n) is 6.51. The van der Waals surface area contributed by atoms with E-state index in [4.69, 9.17) is 0 Å². The van der Waals surface area contributed by atoms with Crippen molar-refractivity contribution in [2.24, 2.45) is 0 Å². The van der Waals surface area contributed by atoms with Crippen molar-refractivity contribution in [3.8, 4) is 0 Å². The highest BCUT2D eigenvalue weighted by Crippen LogP contribution is 2.22. The van der Waals surface area contributed by atoms with Gasteiger partial charge in [-0.05, 0) is 55.0 Å². The number of aliphatic carboxylic acids is 1. The van der Waals surface area contributed by atoms with Crippen LogP contribution >= 0.6 is 23.1 Å². The average Bonchev–Trinajstić information content (AvgIpc) is 3.18. The predicted octanol–water partition coefficient (Wildman–Crippen LogP) is 2.64. The molecular formula is C20H19FN3O4S2-. The molecular weight excluding hydrogens is 429 g/mol. The number of benzene rings is 1. The Morgan fingerprint density at radius 2 is 1.93 bits per heavy atom. The highest BCUT2D eigenvalue weighted by molar-refractivity contribution is 7.99. The minimum absolute atomic E-state index is 0.0116. The molecule has 3 rings (SSSR count). The average molecular weight is 449 g/mol. The maximum atomic E-state index is 13.0. The molecule has 0 spiro atoms. The van der Waals surface area contributed by atoms with E-state index in [2.05, 4.69) is 10.3 Å². The van der Waals surface area contributed by atoms with E-state index in [1.807, 2.05) is 0 Å². The zero-order valence-electron chi connectivity index (χ0n) is 15.9. The third-order valence-corrected chi connectivity index (χ3v) is 6.12. The summed E-state index contributed by atoms with van der Waals surface area (Å²) >= 11 is 2.46. The van der Waals surface area contributed by atoms with Gasteiger partial charge in [0.25, 0.3) is 5.56 Å². The molecule has 158 valence electrons. The SMILES string of the molecule is O=C([O-])CCCCCn1c(SCC(=O)Nc2ccc(F)cc2)nc2ccsc2c1=O. The second-order valence-corrected chi connectivity index (χ2v) is 8.37. The standard InChI is InChI=1S/C20H20FN3O4S2/c21-13-5-7-14(8-6-13)22-16(25)12-30-20-23-15-9-11-29-18(15)19(28)24(20)10-3-1-2-4-17(26)27/h5-9,11H,1-4,10,12H2,(H,22,25)(H,26,27)/p-1. The normalized spacial score (nSPS) is 11.0. The van der Waals surface area contributed by atoms with Crippen LogP contribution in [0.2, 0.25) is 0 Å². The Hall–Kier alpha value is -2.72. The lowest BCUT2D eigenvalue weighted by atomic mass is 10.2. The van der Waals surface area contributed by atoms with Crippen molar-refractivity contribution < 1.29 is 19.1 Å². The molecule has 0 atom stereocenters. The van der Waals surface area contributed by atoms with Crippen molar-refractivity contribution >= 4 is 50.9 Å². The first-order valence-electron chi connectivity index (χ1n) is 9.30. The smallest absolute Gasteiger partial charge is 0.272 e. The summed E-state index contributed by atoms with van der Waals surface area (Å²) < 4.78 is 15.1. The molecule has 0 saturated heterocycles. The maximum absolute atomic E-state index is 13.0. The fourth-order valence-corrected chi connectivity index (χ4v) is 4.41. The Labute approximate surface area is 179 Å². The summed E-state index contributed by atoms with van der Waals surface area (Å²) in [7, 11) is 0. The van der Waals surface area contributed by atoms with Crippen LogP contribution in [0.5, 0.6) is 0 Å². The number of carbonyl (C=O) groups is 2. The Morgan fingerprint density at radius 3 is 2.67 bits per heavy atom. The molecule has 2 heterocycles. The van der Waals surface area contributed by atoms with E-state index >= 15 is 0 Å². The lowest BCUT2D eigenvalue weighted by molar-refractivity contribution is -0.305. The van der Waals surface area contributed by atoms with Gasteiger partial charge >= 0.3 is 0 Å². The van der Waals surface area contributed by atoms with Crippen LogP contribution in [-0.4, -0.2) is 27.2 Å². The van der Waals surface area contributed by atoms with Gasteiger partial charge in [-0.2, -0.15) is 0 Å². The molecule has 0 aliphatic rings. The summed E-state index contributed by atoms with van der Waals surface area (Å²) in [6.07, 6.45) is 1.72. The third kappa shape index (κ3) is 5.90. The highest BCUT2D eigenvalue weighted by Gasteiger charge is 2.14. The molecule has 0 radical (unpaired) electrons. The molecule has 1 aromatic carbocycles. The van der Waals surface area contributed by atoms with Crippen LogP contribution in [0.15, 0.2) is 45.7 Å². The Bertz CT molecular complexity index is 1100. The van der Waals surface area contributed by atoms with Gasteiger partial charge in [0.1, 0.15) is 10.5 Å². The lowest BCUT2D eigenvalue weighted by Gasteiger charge is -2.12. The summed E-state index contributed by atoms with van der Waals surface area (Å²) in [5.41, 5.74) is 0.893. The van der Waals surface area contributed by atoms with Crippen LogP contribution in [-0.2, 0) is 16.1 Å². The number of amides is 1. The van der Waals surface area contributed by atoms with Crippen LogP contribution < -0.4 is 16.0 Å². The van der Waals surface area contributed by atoms with Gasteiger partial charge in [0.2, 0.25) is 5.91 Å². The van der Waals surface area contributed by atoms with Crippen LogP contribution in [0, 0.1) is 5.82 Å². The molecule has 3 aromatic rings. The molecule has 1 amide bonds. The van der Waals surface area contributed by atoms with Crippen LogP contribution in [0.3, 0.4) is 0 Å². The molecule has 0 saturated carbocycles. The minimum atomic E-state index is -1.09. The zero-order valence-corrected chi connectivity index (χ0v) is 17.6. The van der Waals surface area contributed by atoms with Gasteiger partial charge in [0, 0.05) is 18.2 Å². The number of unbranched alkanes of at least 4 members (excludes halogenated alkanes) is 2. The first-order chi connectivity index (χ1) is 14.4. The number of fused-ring (bicyclic) bond motifs is 1. The Kier molecular flexibility index (Phi) is 7.58. The van der Waals surface area contributed by atoms with Crippen molar-refractivity contribution in [1.29, 1.82) is 0 Å². The number of rotatable bonds is 10. The van der Waals surface area contributed by atoms with Crippen LogP contribution in [0.1, 0.15) is 25.7 Å². The largest absolute Gasteiger partial charge is 0.550 e. The third-order valence-electron chi connectivity index (χ3n) is 4.25. The fraction of sp³-hybridized carbons (Fsp3) is 0.300. The lowest BCUT2D eigenvalue weighted by Crippen LogP contribution is -2.24. The monoisotopic (exact) mass is 448 g/mol. The van der Waals surface area contributed by atoms with E-state index in [9.17, 15) is 23.9 Å². The number of thiophene rings is 1. The van der Waals surface area contributed by atoms with E-state index in [0.717, 1.165) is 11.8 Å². The molecule has 0 aliphatic carbocycles. The summed E-state index contributed by atoms with van der Waals surface area (Å²) in [6, 6.07) is 7.21. The van der Waals surface area contributed by atoms with E-state index in [-0.39, 0.29) is 29.5 Å². The van der Waals surface area contributed by atoms with Gasteiger partial charge in [-0.15, -0.1) is 11.3 Å². The Balaban J connectivity index is 1.68. The van der Waals surface area contributed by atoms with Gasteiger partial charge in [-0.3, -0.25) is 14.2 Å². The first kappa shape index (κ1) is 22.0. The van der Waals surface area contributed by atoms with Gasteiger partial charge in [0.05, 0.1) is 11.3 Å². The molecule has 1 N–H and O–H groups in total. The van der Waals surface area contributed by atoms with Gasteiger partial charge in [-0.25, -0.2) is 9.37 Å². The van der Waals surface area contributed by atoms with Crippen molar-refractivity contribution in [2.45, 2.75) is 37.4 Å². The fourth-order valence-electron chi connectivity index (χ4n) is 2.81. The molecule has 10 heteroatoms. The highest BCUT2D eigenvalue weighted by atomic mass is 32.2. The molecule has 30 heavy (non-hydrogen) atoms. The number of nitrogens with one attached hydrogen (secondary N) is 1. The van der Waals surface area contributed by atoms with Crippen LogP contribution in [0.4, 0.5) is 10.1 Å². The van der Waals surface area contributed by atoms with Crippen molar-refractivity contribution in [2.75, 3.05) is 11.1 Å². The van der Waals surface area contributed by atoms with Gasteiger partial charge < -0.3 is 15.2 Å². The number of carboxylic acids is 1. The van der Waals surface area contributed by atoms with E-state index in [1.165, 1.54) is 40.2 Å². The summed E-state index contributed by atoms with van der Waals surface area (Å²) in [6.45, 7) is 0.384. The van der Waals surface area contributed by atoms with Gasteiger partial charge in [0.15, 0.2) is 5.16 Å². The molecule has 2 aromatic heterocycles. The molecule has 0 unspecified atom stereocenters. The maximum Gasteiger partial charge on any atom is 0.272 e. The van der Waals surface area contributed by atoms with E-state index in [1.54, 1.807) is 11.4 Å². The molecule has 7 nitrogen and oxygen atoms in total. The molecule has 0 fully saturated rings. The van der Waals surface area contributed by atoms with Crippen molar-refractivity contribution in [1.82, 2.24) is 9.55 Å². The van der Waals surface area contributed by atoms with Crippen molar-refractivity contribution in [3.05, 3.63) is 51.9 Å². The number of hydrogen-bond acceptors (Lipinski definition) is 7. The quantitative estimate of drug-likeness (QED) is 0.291. The zero-order chi connectivity index (χ0) is 21.5. The number of halogens is 1. The topological polar surface area (TPSA) is 104 Å². The number of carbonyl (C=O) groups excluding carboxylic acids is 2. The number of nitrogens with zero attached hydrogens (tertiary/aromatic N) is 2. The molecule has 0 bridgehead atoms. The summed E-state index contributed by atoms with van der Waals surface area (Å²) in [4.78, 5) is 40.1. The Morgan fingerprint density at radius 1 is 1.17 bits per heavy atom. The number of aromatic nitrogens is 2. The summed E-state index contributed by atoms with van der Waals surface area (Å²) in [5.74, 6) is -1.74. The predicted molar refractivity (Wildman–Crippen MR) is 113 cm³/mol. The van der Waals surface area contributed by atoms with E-state index in [0.29, 0.717) is 46.9 Å². The minimum Gasteiger partial charge on any atom is -0.550 e. The van der Waals surface area contributed by atoms with Crippen LogP contribution in [0.25, 0.3) is 10.2 Å². The summed E-state index contributed by atoms with van der Waals surface area (Å²) in [5, 5.41) is 15.4. The van der Waals surface area contributed by atoms with Crippen molar-refractivity contribution in [3.63, 3.8) is 0 Å². The number of carboxylic acid groups (broad SMARTS) is 1. The number of hydrogen-bond donors (Lipinski definition) is 1. The van der Waals surface area contributed by atoms with E-state index < -0.39 is 5.97 Å². The number of anilines is 1. The first-order valence-corrected chi connectivity index (χ1v) is 11.2. The second kappa shape index (κ2) is 10.4. The van der Waals surface area contributed by atoms with Gasteiger partial charge in [-0.1, -0.05) is 18.2 Å². The number of thioether (sulfide) groups is 1.